The monoisotopic (exact) mass is 789 g/mol. The number of ketones is 1. The van der Waals surface area contributed by atoms with Crippen LogP contribution in [-0.4, -0.2) is 15.9 Å². The second-order valence-electron chi connectivity index (χ2n) is 11.6. The number of hydrogen-bond acceptors (Lipinski definition) is 5. The molecule has 1 N–H and O–H groups in total. The van der Waals surface area contributed by atoms with Gasteiger partial charge in [-0.15, -0.1) is 35.4 Å². The summed E-state index contributed by atoms with van der Waals surface area (Å²) in [6.07, 6.45) is -1.42. The summed E-state index contributed by atoms with van der Waals surface area (Å²) in [6, 6.07) is 19.0. The van der Waals surface area contributed by atoms with E-state index in [2.05, 4.69) is 11.1 Å². The number of pyridine rings is 1. The van der Waals surface area contributed by atoms with Gasteiger partial charge in [0.15, 0.2) is 5.78 Å². The van der Waals surface area contributed by atoms with Crippen LogP contribution >= 0.6 is 0 Å². The molecule has 3 heterocycles. The summed E-state index contributed by atoms with van der Waals surface area (Å²) in [5.41, 5.74) is 3.40. The van der Waals surface area contributed by atoms with Gasteiger partial charge < -0.3 is 18.9 Å². The average Bonchev–Trinajstić information content (AvgIpc) is 3.55. The van der Waals surface area contributed by atoms with E-state index in [0.29, 0.717) is 21.9 Å². The van der Waals surface area contributed by atoms with E-state index in [4.69, 9.17) is 8.83 Å². The molecule has 0 bridgehead atoms. The van der Waals surface area contributed by atoms with E-state index >= 15 is 0 Å². The molecule has 0 aliphatic rings. The van der Waals surface area contributed by atoms with Crippen LogP contribution in [0.3, 0.4) is 0 Å². The van der Waals surface area contributed by atoms with Gasteiger partial charge in [-0.05, 0) is 46.1 Å². The fourth-order valence-corrected chi connectivity index (χ4v) is 5.31. The Morgan fingerprint density at radius 1 is 0.867 bits per heavy atom. The summed E-state index contributed by atoms with van der Waals surface area (Å²) in [4.78, 5) is 15.6. The molecule has 0 spiro atoms. The van der Waals surface area contributed by atoms with Gasteiger partial charge in [0, 0.05) is 49.6 Å². The van der Waals surface area contributed by atoms with Crippen molar-refractivity contribution in [3.63, 3.8) is 0 Å². The SMILES string of the molecule is CC(C)C(=O)/C=C(\O)C(C)C.Cc1cc[c-]c(-c2nccc3c2ccc2c3cc3oc4cc(C(F)(F)F)cc5oc2c3c45)c1.[Ir]. The minimum Gasteiger partial charge on any atom is -0.512 e. The number of aromatic nitrogens is 1. The molecule has 0 saturated heterocycles. The van der Waals surface area contributed by atoms with Crippen LogP contribution in [0.5, 0.6) is 0 Å². The number of halogens is 3. The van der Waals surface area contributed by atoms with E-state index in [0.717, 1.165) is 50.5 Å². The second kappa shape index (κ2) is 12.0. The smallest absolute Gasteiger partial charge is 0.416 e. The third-order valence-electron chi connectivity index (χ3n) is 7.72. The van der Waals surface area contributed by atoms with E-state index < -0.39 is 11.7 Å². The van der Waals surface area contributed by atoms with Crippen LogP contribution in [0.15, 0.2) is 81.5 Å². The first kappa shape index (κ1) is 32.2. The molecule has 0 unspecified atom stereocenters. The van der Waals surface area contributed by atoms with Crippen LogP contribution in [0.4, 0.5) is 13.2 Å². The van der Waals surface area contributed by atoms with Crippen LogP contribution in [-0.2, 0) is 31.1 Å². The van der Waals surface area contributed by atoms with Gasteiger partial charge in [0.25, 0.3) is 0 Å². The van der Waals surface area contributed by atoms with Crippen molar-refractivity contribution in [2.75, 3.05) is 0 Å². The number of allylic oxidation sites excluding steroid dienone is 2. The zero-order valence-corrected chi connectivity index (χ0v) is 27.5. The van der Waals surface area contributed by atoms with Crippen molar-refractivity contribution in [3.8, 4) is 11.3 Å². The van der Waals surface area contributed by atoms with Crippen LogP contribution in [0.25, 0.3) is 65.9 Å². The Hall–Kier alpha value is -4.20. The fraction of sp³-hybridized carbons (Fsp3) is 0.222. The molecule has 233 valence electrons. The molecule has 5 nitrogen and oxygen atoms in total. The molecule has 45 heavy (non-hydrogen) atoms. The molecule has 0 saturated carbocycles. The summed E-state index contributed by atoms with van der Waals surface area (Å²) < 4.78 is 51.9. The van der Waals surface area contributed by atoms with Crippen molar-refractivity contribution in [1.82, 2.24) is 4.98 Å². The van der Waals surface area contributed by atoms with Crippen LogP contribution in [0.1, 0.15) is 38.8 Å². The summed E-state index contributed by atoms with van der Waals surface area (Å²) >= 11 is 0. The van der Waals surface area contributed by atoms with Crippen molar-refractivity contribution in [3.05, 3.63) is 89.8 Å². The van der Waals surface area contributed by atoms with Crippen molar-refractivity contribution < 1.29 is 52.0 Å². The molecule has 0 aliphatic carbocycles. The number of carbonyl (C=O) groups is 1. The first-order chi connectivity index (χ1) is 20.8. The van der Waals surface area contributed by atoms with Gasteiger partial charge >= 0.3 is 6.18 Å². The van der Waals surface area contributed by atoms with Gasteiger partial charge in [0.2, 0.25) is 0 Å². The summed E-state index contributed by atoms with van der Waals surface area (Å²) in [7, 11) is 0. The number of carbonyl (C=O) groups excluding carboxylic acids is 1. The summed E-state index contributed by atoms with van der Waals surface area (Å²) in [5.74, 6) is 0.161. The van der Waals surface area contributed by atoms with E-state index in [1.807, 2.05) is 77.1 Å². The number of fused-ring (bicyclic) bond motifs is 4. The molecule has 3 aromatic heterocycles. The molecule has 7 aromatic rings. The van der Waals surface area contributed by atoms with Gasteiger partial charge in [-0.3, -0.25) is 4.79 Å². The maximum absolute atomic E-state index is 13.3. The van der Waals surface area contributed by atoms with Crippen molar-refractivity contribution in [2.24, 2.45) is 11.8 Å². The topological polar surface area (TPSA) is 76.5 Å². The van der Waals surface area contributed by atoms with E-state index in [1.54, 1.807) is 6.20 Å². The first-order valence-corrected chi connectivity index (χ1v) is 14.3. The number of benzene rings is 4. The van der Waals surface area contributed by atoms with Gasteiger partial charge in [-0.2, -0.15) is 13.2 Å². The number of aryl methyl sites for hydroxylation is 1. The van der Waals surface area contributed by atoms with Crippen LogP contribution in [0, 0.1) is 24.8 Å². The molecule has 4 aromatic carbocycles. The minimum atomic E-state index is -4.48. The molecular weight excluding hydrogens is 760 g/mol. The van der Waals surface area contributed by atoms with E-state index in [9.17, 15) is 23.1 Å². The first-order valence-electron chi connectivity index (χ1n) is 14.3. The number of hydrogen-bond donors (Lipinski definition) is 1. The summed E-state index contributed by atoms with van der Waals surface area (Å²) in [5, 5.41) is 14.1. The Labute approximate surface area is 270 Å². The Morgan fingerprint density at radius 2 is 1.53 bits per heavy atom. The van der Waals surface area contributed by atoms with Gasteiger partial charge in [0.05, 0.1) is 22.1 Å². The normalized spacial score (nSPS) is 12.5. The van der Waals surface area contributed by atoms with Gasteiger partial charge in [-0.1, -0.05) is 46.8 Å². The molecule has 0 atom stereocenters. The average molecular weight is 789 g/mol. The quantitative estimate of drug-likeness (QED) is 0.0832. The van der Waals surface area contributed by atoms with E-state index in [-0.39, 0.29) is 54.6 Å². The third-order valence-corrected chi connectivity index (χ3v) is 7.72. The largest absolute Gasteiger partial charge is 0.512 e. The Balaban J connectivity index is 0.000000289. The zero-order chi connectivity index (χ0) is 31.5. The maximum atomic E-state index is 13.3. The van der Waals surface area contributed by atoms with Gasteiger partial charge in [0.1, 0.15) is 22.3 Å². The zero-order valence-electron chi connectivity index (χ0n) is 25.1. The molecule has 0 fully saturated rings. The Kier molecular flexibility index (Phi) is 8.55. The van der Waals surface area contributed by atoms with Crippen LogP contribution in [0.2, 0.25) is 0 Å². The fourth-order valence-electron chi connectivity index (χ4n) is 5.31. The van der Waals surface area contributed by atoms with Crippen molar-refractivity contribution in [2.45, 2.75) is 40.8 Å². The number of rotatable bonds is 4. The maximum Gasteiger partial charge on any atom is 0.416 e. The molecule has 0 aliphatic heterocycles. The van der Waals surface area contributed by atoms with Crippen molar-refractivity contribution >= 4 is 60.4 Å². The molecule has 9 heteroatoms. The predicted octanol–water partition coefficient (Wildman–Crippen LogP) is 10.6. The minimum absolute atomic E-state index is 0. The predicted molar refractivity (Wildman–Crippen MR) is 167 cm³/mol. The Morgan fingerprint density at radius 3 is 2.18 bits per heavy atom. The van der Waals surface area contributed by atoms with E-state index in [1.165, 1.54) is 6.08 Å². The second-order valence-corrected chi connectivity index (χ2v) is 11.6. The molecule has 7 rings (SSSR count). The standard InChI is InChI=1S/C27H13F3NO2.C9H16O2.Ir/c1-13-3-2-4-14(9-13)25-17-5-6-18-19(16(17)7-8-31-25)12-22-24-23-20(32-22)10-15(27(28,29)30)11-21(23)33-26(18)24;1-6(2)8(10)5-9(11)7(3)4;/h2-3,5-12H,1H3;5-7,10H,1-4H3;/q-1;;/b;8-5-;. The molecular formula is C36H29F3IrNO4-. The van der Waals surface area contributed by atoms with Crippen LogP contribution < -0.4 is 0 Å². The summed E-state index contributed by atoms with van der Waals surface area (Å²) in [6.45, 7) is 9.34. The van der Waals surface area contributed by atoms with Gasteiger partial charge in [-0.25, -0.2) is 0 Å². The number of aliphatic hydroxyl groups is 1. The Bertz CT molecular complexity index is 2220. The third kappa shape index (κ3) is 5.83. The number of nitrogens with zero attached hydrogens (tertiary/aromatic N) is 1. The number of furan rings is 2. The molecule has 1 radical (unpaired) electrons. The van der Waals surface area contributed by atoms with Crippen molar-refractivity contribution in [1.29, 1.82) is 0 Å². The number of alkyl halides is 3. The number of aliphatic hydroxyl groups excluding tert-OH is 1. The molecule has 0 amide bonds.